The van der Waals surface area contributed by atoms with Crippen molar-refractivity contribution in [2.45, 2.75) is 13.0 Å². The van der Waals surface area contributed by atoms with E-state index in [1.807, 2.05) is 34.7 Å². The van der Waals surface area contributed by atoms with E-state index < -0.39 is 0 Å². The second-order valence-electron chi connectivity index (χ2n) is 5.52. The van der Waals surface area contributed by atoms with Gasteiger partial charge in [0, 0.05) is 20.7 Å². The summed E-state index contributed by atoms with van der Waals surface area (Å²) in [4.78, 5) is 15.6. The number of nitrogens with zero attached hydrogens (tertiary/aromatic N) is 3. The third-order valence-corrected chi connectivity index (χ3v) is 4.92. The van der Waals surface area contributed by atoms with Gasteiger partial charge in [0.1, 0.15) is 5.75 Å². The summed E-state index contributed by atoms with van der Waals surface area (Å²) >= 11 is 2.03. The molecule has 1 heterocycles. The summed E-state index contributed by atoms with van der Waals surface area (Å²) in [6.07, 6.45) is 0.871. The minimum atomic E-state index is -0.255. The smallest absolute Gasteiger partial charge is 0.259 e. The number of halogens is 1. The highest BCUT2D eigenvalue weighted by Crippen LogP contribution is 2.32. The number of ether oxygens (including phenoxy) is 1. The van der Waals surface area contributed by atoms with Crippen LogP contribution in [0.1, 0.15) is 21.5 Å². The van der Waals surface area contributed by atoms with Crippen molar-refractivity contribution in [1.82, 2.24) is 5.32 Å². The molecule has 1 aliphatic rings. The lowest BCUT2D eigenvalue weighted by atomic mass is 9.99. The maximum Gasteiger partial charge on any atom is 0.259 e. The molecule has 2 aromatic rings. The number of fused-ring (bicyclic) bond motifs is 1. The molecule has 1 aliphatic heterocycles. The van der Waals surface area contributed by atoms with E-state index in [1.54, 1.807) is 12.1 Å². The molecule has 0 atom stereocenters. The van der Waals surface area contributed by atoms with E-state index in [0.29, 0.717) is 20.6 Å². The van der Waals surface area contributed by atoms with Crippen LogP contribution in [0.4, 0.5) is 11.4 Å². The Balaban J connectivity index is 1.94. The number of amides is 1. The lowest BCUT2D eigenvalue weighted by Gasteiger charge is -2.21. The van der Waals surface area contributed by atoms with Gasteiger partial charge in [-0.25, -0.2) is 0 Å². The highest BCUT2D eigenvalue weighted by molar-refractivity contribution is 14.1. The first-order valence-electron chi connectivity index (χ1n) is 7.69. The fraction of sp³-hybridized carbons (Fsp3) is 0.235. The van der Waals surface area contributed by atoms with Crippen LogP contribution >= 0.6 is 22.6 Å². The van der Waals surface area contributed by atoms with Gasteiger partial charge in [0.05, 0.1) is 18.4 Å². The monoisotopic (exact) mass is 449 g/mol. The van der Waals surface area contributed by atoms with Crippen molar-refractivity contribution in [1.29, 1.82) is 0 Å². The third kappa shape index (κ3) is 3.71. The first-order chi connectivity index (χ1) is 12.1. The third-order valence-electron chi connectivity index (χ3n) is 4.05. The first kappa shape index (κ1) is 17.5. The Morgan fingerprint density at radius 1 is 1.44 bits per heavy atom. The van der Waals surface area contributed by atoms with Gasteiger partial charge in [-0.05, 0) is 70.4 Å². The number of hydrogen-bond acceptors (Lipinski definition) is 4. The Kier molecular flexibility index (Phi) is 5.42. The molecule has 2 aromatic carbocycles. The molecule has 7 nitrogen and oxygen atoms in total. The zero-order valence-corrected chi connectivity index (χ0v) is 15.7. The highest BCUT2D eigenvalue weighted by Gasteiger charge is 2.18. The second-order valence-corrected chi connectivity index (χ2v) is 6.68. The van der Waals surface area contributed by atoms with E-state index in [2.05, 4.69) is 26.7 Å². The van der Waals surface area contributed by atoms with Gasteiger partial charge in [0.25, 0.3) is 5.91 Å². The van der Waals surface area contributed by atoms with Gasteiger partial charge in [-0.15, -0.1) is 0 Å². The van der Waals surface area contributed by atoms with Crippen LogP contribution in [0.5, 0.6) is 5.75 Å². The maximum absolute atomic E-state index is 12.8. The summed E-state index contributed by atoms with van der Waals surface area (Å²) in [7, 11) is 1.48. The number of rotatable bonds is 4. The Morgan fingerprint density at radius 3 is 3.04 bits per heavy atom. The fourth-order valence-corrected chi connectivity index (χ4v) is 3.43. The average molecular weight is 449 g/mol. The Labute approximate surface area is 158 Å². The molecule has 25 heavy (non-hydrogen) atoms. The summed E-state index contributed by atoms with van der Waals surface area (Å²) < 4.78 is 5.98. The van der Waals surface area contributed by atoms with Crippen LogP contribution in [0.3, 0.4) is 0 Å². The highest BCUT2D eigenvalue weighted by atomic mass is 127. The standard InChI is InChI=1S/C17H16IN5O2/c1-25-16-8-15(22-23-19)13(18)7-12(16)17(24)21-14-4-2-3-10-9-20-6-5-11(10)14/h2-4,7-8,20H,5-6,9H2,1H3,(H,21,24). The van der Waals surface area contributed by atoms with Gasteiger partial charge in [-0.1, -0.05) is 17.2 Å². The van der Waals surface area contributed by atoms with Crippen molar-refractivity contribution in [3.63, 3.8) is 0 Å². The van der Waals surface area contributed by atoms with Crippen LogP contribution in [-0.4, -0.2) is 19.6 Å². The van der Waals surface area contributed by atoms with Crippen molar-refractivity contribution >= 4 is 39.9 Å². The van der Waals surface area contributed by atoms with Gasteiger partial charge in [-0.2, -0.15) is 0 Å². The maximum atomic E-state index is 12.8. The molecule has 0 saturated heterocycles. The number of hydrogen-bond donors (Lipinski definition) is 2. The molecule has 0 spiro atoms. The summed E-state index contributed by atoms with van der Waals surface area (Å²) in [5.74, 6) is 0.112. The molecule has 0 unspecified atom stereocenters. The number of carbonyl (C=O) groups is 1. The SMILES string of the molecule is COc1cc(N=[N+]=[N-])c(I)cc1C(=O)Nc1cccc2c1CCNC2. The lowest BCUT2D eigenvalue weighted by Crippen LogP contribution is -2.25. The van der Waals surface area contributed by atoms with Crippen LogP contribution in [0, 0.1) is 3.57 Å². The Hall–Kier alpha value is -2.29. The molecule has 0 saturated carbocycles. The molecule has 0 bridgehead atoms. The summed E-state index contributed by atoms with van der Waals surface area (Å²) in [6, 6.07) is 9.15. The van der Waals surface area contributed by atoms with E-state index in [1.165, 1.54) is 12.7 Å². The molecular formula is C17H16IN5O2. The molecule has 1 amide bonds. The quantitative estimate of drug-likeness (QED) is 0.318. The molecule has 3 rings (SSSR count). The largest absolute Gasteiger partial charge is 0.496 e. The van der Waals surface area contributed by atoms with Gasteiger partial charge in [0.2, 0.25) is 0 Å². The molecule has 0 aromatic heterocycles. The molecule has 128 valence electrons. The number of carbonyl (C=O) groups excluding carboxylic acids is 1. The van der Waals surface area contributed by atoms with E-state index in [4.69, 9.17) is 10.3 Å². The topological polar surface area (TPSA) is 99.1 Å². The van der Waals surface area contributed by atoms with Gasteiger partial charge in [-0.3, -0.25) is 4.79 Å². The second kappa shape index (κ2) is 7.73. The van der Waals surface area contributed by atoms with Crippen LogP contribution < -0.4 is 15.4 Å². The zero-order chi connectivity index (χ0) is 17.8. The van der Waals surface area contributed by atoms with Gasteiger partial charge >= 0.3 is 0 Å². The van der Waals surface area contributed by atoms with Gasteiger partial charge in [0.15, 0.2) is 0 Å². The number of benzene rings is 2. The van der Waals surface area contributed by atoms with E-state index >= 15 is 0 Å². The fourth-order valence-electron chi connectivity index (χ4n) is 2.85. The van der Waals surface area contributed by atoms with Crippen LogP contribution in [0.2, 0.25) is 0 Å². The van der Waals surface area contributed by atoms with E-state index in [0.717, 1.165) is 30.8 Å². The molecule has 0 fully saturated rings. The molecule has 2 N–H and O–H groups in total. The summed E-state index contributed by atoms with van der Waals surface area (Å²) in [5, 5.41) is 9.92. The van der Waals surface area contributed by atoms with E-state index in [9.17, 15) is 4.79 Å². The van der Waals surface area contributed by atoms with Gasteiger partial charge < -0.3 is 15.4 Å². The average Bonchev–Trinajstić information content (AvgIpc) is 2.63. The minimum absolute atomic E-state index is 0.255. The van der Waals surface area contributed by atoms with Crippen molar-refractivity contribution in [2.75, 3.05) is 19.0 Å². The predicted molar refractivity (Wildman–Crippen MR) is 104 cm³/mol. The number of methoxy groups -OCH3 is 1. The van der Waals surface area contributed by atoms with Crippen molar-refractivity contribution in [2.24, 2.45) is 5.11 Å². The number of anilines is 1. The minimum Gasteiger partial charge on any atom is -0.496 e. The summed E-state index contributed by atoms with van der Waals surface area (Å²) in [5.41, 5.74) is 12.6. The van der Waals surface area contributed by atoms with Crippen molar-refractivity contribution in [3.05, 3.63) is 61.0 Å². The summed E-state index contributed by atoms with van der Waals surface area (Å²) in [6.45, 7) is 1.70. The van der Waals surface area contributed by atoms with Crippen LogP contribution in [0.15, 0.2) is 35.4 Å². The van der Waals surface area contributed by atoms with Crippen LogP contribution in [-0.2, 0) is 13.0 Å². The predicted octanol–water partition coefficient (Wildman–Crippen LogP) is 4.14. The molecule has 0 aliphatic carbocycles. The number of nitrogens with one attached hydrogen (secondary N) is 2. The molecular weight excluding hydrogens is 433 g/mol. The van der Waals surface area contributed by atoms with E-state index in [-0.39, 0.29) is 5.91 Å². The Morgan fingerprint density at radius 2 is 2.28 bits per heavy atom. The van der Waals surface area contributed by atoms with Crippen molar-refractivity contribution < 1.29 is 9.53 Å². The number of azide groups is 1. The zero-order valence-electron chi connectivity index (χ0n) is 13.5. The first-order valence-corrected chi connectivity index (χ1v) is 8.77. The Bertz CT molecular complexity index is 878. The molecule has 8 heteroatoms. The normalized spacial score (nSPS) is 12.7. The molecule has 0 radical (unpaired) electrons. The van der Waals surface area contributed by atoms with Crippen LogP contribution in [0.25, 0.3) is 10.4 Å². The van der Waals surface area contributed by atoms with Crippen molar-refractivity contribution in [3.8, 4) is 5.75 Å². The lowest BCUT2D eigenvalue weighted by molar-refractivity contribution is 0.102.